The SMILES string of the molecule is CCCN(CCC)S(=O)(=O)CCCCNC1CC1. The van der Waals surface area contributed by atoms with E-state index in [1.165, 1.54) is 12.8 Å². The van der Waals surface area contributed by atoms with Gasteiger partial charge in [-0.2, -0.15) is 0 Å². The van der Waals surface area contributed by atoms with Crippen LogP contribution in [0.4, 0.5) is 0 Å². The first kappa shape index (κ1) is 15.9. The van der Waals surface area contributed by atoms with Gasteiger partial charge < -0.3 is 5.32 Å². The topological polar surface area (TPSA) is 49.4 Å². The molecule has 0 heterocycles. The molecule has 0 aromatic carbocycles. The number of rotatable bonds is 11. The van der Waals surface area contributed by atoms with Gasteiger partial charge in [-0.3, -0.25) is 0 Å². The molecule has 0 bridgehead atoms. The average molecular weight is 276 g/mol. The van der Waals surface area contributed by atoms with E-state index in [1.54, 1.807) is 4.31 Å². The van der Waals surface area contributed by atoms with Crippen molar-refractivity contribution in [2.24, 2.45) is 0 Å². The fourth-order valence-corrected chi connectivity index (χ4v) is 3.77. The molecule has 1 aliphatic carbocycles. The molecule has 0 amide bonds. The van der Waals surface area contributed by atoms with Crippen LogP contribution >= 0.6 is 0 Å². The van der Waals surface area contributed by atoms with Crippen molar-refractivity contribution in [1.29, 1.82) is 0 Å². The third-order valence-corrected chi connectivity index (χ3v) is 5.14. The minimum atomic E-state index is -3.03. The molecule has 1 fully saturated rings. The van der Waals surface area contributed by atoms with Crippen LogP contribution in [0.15, 0.2) is 0 Å². The van der Waals surface area contributed by atoms with Crippen molar-refractivity contribution in [2.75, 3.05) is 25.4 Å². The molecule has 1 saturated carbocycles. The fourth-order valence-electron chi connectivity index (χ4n) is 2.02. The van der Waals surface area contributed by atoms with E-state index in [1.807, 2.05) is 13.8 Å². The lowest BCUT2D eigenvalue weighted by Crippen LogP contribution is -2.34. The number of nitrogens with one attached hydrogen (secondary N) is 1. The molecule has 0 aromatic heterocycles. The summed E-state index contributed by atoms with van der Waals surface area (Å²) < 4.78 is 25.9. The van der Waals surface area contributed by atoms with Gasteiger partial charge in [0.1, 0.15) is 0 Å². The molecule has 0 saturated heterocycles. The van der Waals surface area contributed by atoms with Crippen molar-refractivity contribution in [1.82, 2.24) is 9.62 Å². The average Bonchev–Trinajstić information content (AvgIpc) is 3.12. The second-order valence-electron chi connectivity index (χ2n) is 5.15. The first-order chi connectivity index (χ1) is 8.60. The van der Waals surface area contributed by atoms with E-state index in [0.717, 1.165) is 38.3 Å². The largest absolute Gasteiger partial charge is 0.314 e. The Morgan fingerprint density at radius 3 is 2.22 bits per heavy atom. The highest BCUT2D eigenvalue weighted by Gasteiger charge is 2.21. The smallest absolute Gasteiger partial charge is 0.214 e. The van der Waals surface area contributed by atoms with Gasteiger partial charge in [-0.05, 0) is 45.1 Å². The molecule has 5 heteroatoms. The quantitative estimate of drug-likeness (QED) is 0.587. The van der Waals surface area contributed by atoms with Crippen LogP contribution in [0.25, 0.3) is 0 Å². The summed E-state index contributed by atoms with van der Waals surface area (Å²) >= 11 is 0. The molecule has 4 nitrogen and oxygen atoms in total. The lowest BCUT2D eigenvalue weighted by atomic mass is 10.3. The van der Waals surface area contributed by atoms with Crippen LogP contribution in [-0.2, 0) is 10.0 Å². The van der Waals surface area contributed by atoms with Crippen LogP contribution < -0.4 is 5.32 Å². The molecular weight excluding hydrogens is 248 g/mol. The van der Waals surface area contributed by atoms with Gasteiger partial charge in [0, 0.05) is 19.1 Å². The number of hydrogen-bond acceptors (Lipinski definition) is 3. The summed E-state index contributed by atoms with van der Waals surface area (Å²) in [6, 6.07) is 0.721. The molecule has 1 aliphatic rings. The fraction of sp³-hybridized carbons (Fsp3) is 1.00. The number of nitrogens with zero attached hydrogens (tertiary/aromatic N) is 1. The monoisotopic (exact) mass is 276 g/mol. The third-order valence-electron chi connectivity index (χ3n) is 3.18. The van der Waals surface area contributed by atoms with Crippen molar-refractivity contribution < 1.29 is 8.42 Å². The van der Waals surface area contributed by atoms with Crippen molar-refractivity contribution in [2.45, 2.75) is 58.4 Å². The molecule has 0 radical (unpaired) electrons. The predicted octanol–water partition coefficient (Wildman–Crippen LogP) is 1.97. The molecule has 1 N–H and O–H groups in total. The second-order valence-corrected chi connectivity index (χ2v) is 7.24. The van der Waals surface area contributed by atoms with Crippen molar-refractivity contribution in [3.63, 3.8) is 0 Å². The molecule has 0 aliphatic heterocycles. The van der Waals surface area contributed by atoms with E-state index in [0.29, 0.717) is 18.8 Å². The lowest BCUT2D eigenvalue weighted by Gasteiger charge is -2.20. The Morgan fingerprint density at radius 2 is 1.72 bits per heavy atom. The highest BCUT2D eigenvalue weighted by molar-refractivity contribution is 7.89. The van der Waals surface area contributed by atoms with E-state index >= 15 is 0 Å². The number of unbranched alkanes of at least 4 members (excludes halogenated alkanes) is 1. The maximum atomic E-state index is 12.1. The molecular formula is C13H28N2O2S. The first-order valence-electron chi connectivity index (χ1n) is 7.31. The minimum absolute atomic E-state index is 0.305. The Morgan fingerprint density at radius 1 is 1.11 bits per heavy atom. The summed E-state index contributed by atoms with van der Waals surface area (Å²) in [6.07, 6.45) is 6.09. The lowest BCUT2D eigenvalue weighted by molar-refractivity contribution is 0.408. The van der Waals surface area contributed by atoms with Gasteiger partial charge in [-0.1, -0.05) is 13.8 Å². The maximum Gasteiger partial charge on any atom is 0.214 e. The maximum absolute atomic E-state index is 12.1. The van der Waals surface area contributed by atoms with Gasteiger partial charge in [-0.25, -0.2) is 12.7 Å². The second kappa shape index (κ2) is 8.12. The van der Waals surface area contributed by atoms with E-state index in [2.05, 4.69) is 5.32 Å². The van der Waals surface area contributed by atoms with Crippen LogP contribution in [0.1, 0.15) is 52.4 Å². The zero-order chi connectivity index (χ0) is 13.4. The summed E-state index contributed by atoms with van der Waals surface area (Å²) in [4.78, 5) is 0. The zero-order valence-corrected chi connectivity index (χ0v) is 12.6. The van der Waals surface area contributed by atoms with Crippen LogP contribution in [0.5, 0.6) is 0 Å². The van der Waals surface area contributed by atoms with E-state index < -0.39 is 10.0 Å². The highest BCUT2D eigenvalue weighted by atomic mass is 32.2. The van der Waals surface area contributed by atoms with Crippen molar-refractivity contribution in [3.8, 4) is 0 Å². The molecule has 1 rings (SSSR count). The summed E-state index contributed by atoms with van der Waals surface area (Å²) in [7, 11) is -3.03. The number of sulfonamides is 1. The van der Waals surface area contributed by atoms with Gasteiger partial charge in [-0.15, -0.1) is 0 Å². The summed E-state index contributed by atoms with van der Waals surface area (Å²) in [5.41, 5.74) is 0. The Hall–Kier alpha value is -0.130. The molecule has 0 spiro atoms. The van der Waals surface area contributed by atoms with Crippen LogP contribution in [0, 0.1) is 0 Å². The summed E-state index contributed by atoms with van der Waals surface area (Å²) in [6.45, 7) is 6.34. The predicted molar refractivity (Wildman–Crippen MR) is 76.2 cm³/mol. The minimum Gasteiger partial charge on any atom is -0.314 e. The molecule has 0 aromatic rings. The van der Waals surface area contributed by atoms with Gasteiger partial charge in [0.05, 0.1) is 5.75 Å². The van der Waals surface area contributed by atoms with Gasteiger partial charge in [0.25, 0.3) is 0 Å². The van der Waals surface area contributed by atoms with Gasteiger partial charge in [0.15, 0.2) is 0 Å². The first-order valence-corrected chi connectivity index (χ1v) is 8.92. The molecule has 0 unspecified atom stereocenters. The van der Waals surface area contributed by atoms with Crippen LogP contribution in [0.3, 0.4) is 0 Å². The Kier molecular flexibility index (Phi) is 7.19. The zero-order valence-electron chi connectivity index (χ0n) is 11.8. The van der Waals surface area contributed by atoms with Crippen molar-refractivity contribution in [3.05, 3.63) is 0 Å². The Balaban J connectivity index is 2.21. The number of hydrogen-bond donors (Lipinski definition) is 1. The van der Waals surface area contributed by atoms with Gasteiger partial charge >= 0.3 is 0 Å². The molecule has 18 heavy (non-hydrogen) atoms. The normalized spacial score (nSPS) is 16.4. The molecule has 0 atom stereocenters. The standard InChI is InChI=1S/C13H28N2O2S/c1-3-10-15(11-4-2)18(16,17)12-6-5-9-14-13-7-8-13/h13-14H,3-12H2,1-2H3. The van der Waals surface area contributed by atoms with Gasteiger partial charge in [0.2, 0.25) is 10.0 Å². The Labute approximate surface area is 112 Å². The van der Waals surface area contributed by atoms with Crippen LogP contribution in [0.2, 0.25) is 0 Å². The molecule has 108 valence electrons. The van der Waals surface area contributed by atoms with Crippen molar-refractivity contribution >= 4 is 10.0 Å². The van der Waals surface area contributed by atoms with E-state index in [9.17, 15) is 8.42 Å². The Bertz CT molecular complexity index is 307. The summed E-state index contributed by atoms with van der Waals surface area (Å²) in [5, 5.41) is 3.41. The summed E-state index contributed by atoms with van der Waals surface area (Å²) in [5.74, 6) is 0.305. The van der Waals surface area contributed by atoms with E-state index in [4.69, 9.17) is 0 Å². The van der Waals surface area contributed by atoms with Crippen LogP contribution in [-0.4, -0.2) is 44.2 Å². The highest BCUT2D eigenvalue weighted by Crippen LogP contribution is 2.18. The van der Waals surface area contributed by atoms with E-state index in [-0.39, 0.29) is 0 Å². The third kappa shape index (κ3) is 6.16.